The van der Waals surface area contributed by atoms with Crippen LogP contribution in [0.2, 0.25) is 0 Å². The van der Waals surface area contributed by atoms with Crippen molar-refractivity contribution in [2.75, 3.05) is 13.1 Å². The minimum Gasteiger partial charge on any atom is -0.337 e. The molecule has 5 rings (SSSR count). The highest BCUT2D eigenvalue weighted by Gasteiger charge is 2.48. The first-order valence-electron chi connectivity index (χ1n) is 9.47. The summed E-state index contributed by atoms with van der Waals surface area (Å²) in [5.41, 5.74) is 0.823. The van der Waals surface area contributed by atoms with Gasteiger partial charge in [0, 0.05) is 30.1 Å². The van der Waals surface area contributed by atoms with Crippen LogP contribution in [0.4, 0.5) is 0 Å². The van der Waals surface area contributed by atoms with Gasteiger partial charge in [0.1, 0.15) is 5.82 Å². The van der Waals surface area contributed by atoms with Crippen LogP contribution in [0.5, 0.6) is 0 Å². The highest BCUT2D eigenvalue weighted by molar-refractivity contribution is 7.13. The average Bonchev–Trinajstić information content (AvgIpc) is 3.43. The van der Waals surface area contributed by atoms with E-state index in [9.17, 15) is 9.59 Å². The largest absolute Gasteiger partial charge is 0.337 e. The fourth-order valence-electron chi connectivity index (χ4n) is 4.37. The van der Waals surface area contributed by atoms with Crippen LogP contribution in [0.15, 0.2) is 47.3 Å². The third-order valence-electron chi connectivity index (χ3n) is 5.88. The van der Waals surface area contributed by atoms with Gasteiger partial charge < -0.3 is 4.90 Å². The zero-order valence-electron chi connectivity index (χ0n) is 15.6. The summed E-state index contributed by atoms with van der Waals surface area (Å²) < 4.78 is 1.76. The van der Waals surface area contributed by atoms with E-state index in [1.807, 2.05) is 54.3 Å². The van der Waals surface area contributed by atoms with Crippen molar-refractivity contribution in [1.82, 2.24) is 19.7 Å². The van der Waals surface area contributed by atoms with E-state index >= 15 is 0 Å². The van der Waals surface area contributed by atoms with Crippen molar-refractivity contribution < 1.29 is 4.79 Å². The van der Waals surface area contributed by atoms with E-state index in [-0.39, 0.29) is 16.9 Å². The van der Waals surface area contributed by atoms with Crippen molar-refractivity contribution in [1.29, 1.82) is 0 Å². The predicted octanol–water partition coefficient (Wildman–Crippen LogP) is 2.86. The summed E-state index contributed by atoms with van der Waals surface area (Å²) in [5.74, 6) is 0.805. The molecule has 1 fully saturated rings. The highest BCUT2D eigenvalue weighted by Crippen LogP contribution is 2.41. The number of hydrogen-bond acceptors (Lipinski definition) is 5. The molecular formula is C21H20N4O2S. The Kier molecular flexibility index (Phi) is 3.94. The molecule has 3 aromatic rings. The van der Waals surface area contributed by atoms with E-state index in [0.29, 0.717) is 25.3 Å². The van der Waals surface area contributed by atoms with Crippen LogP contribution in [0.1, 0.15) is 33.2 Å². The number of hydrogen-bond donors (Lipinski definition) is 0. The van der Waals surface area contributed by atoms with Crippen LogP contribution in [0.3, 0.4) is 0 Å². The summed E-state index contributed by atoms with van der Waals surface area (Å²) in [7, 11) is 0. The van der Waals surface area contributed by atoms with E-state index in [4.69, 9.17) is 0 Å². The maximum Gasteiger partial charge on any atom is 0.280 e. The van der Waals surface area contributed by atoms with Crippen molar-refractivity contribution in [3.63, 3.8) is 0 Å². The van der Waals surface area contributed by atoms with E-state index in [0.717, 1.165) is 34.0 Å². The van der Waals surface area contributed by atoms with Crippen molar-refractivity contribution in [3.8, 4) is 11.3 Å². The summed E-state index contributed by atoms with van der Waals surface area (Å²) in [6, 6.07) is 13.3. The van der Waals surface area contributed by atoms with Crippen molar-refractivity contribution in [2.45, 2.75) is 31.7 Å². The lowest BCUT2D eigenvalue weighted by molar-refractivity contribution is 0.0787. The standard InChI is InChI=1S/C21H20N4O2S/c1-14-7-8-16(28-14)18(26)24-11-9-21(13-24)10-12-25-19(27)17(22-23-20(21)25)15-5-3-2-4-6-15/h2-8H,9-13H2,1H3. The zero-order chi connectivity index (χ0) is 19.3. The minimum atomic E-state index is -0.261. The Morgan fingerprint density at radius 3 is 2.61 bits per heavy atom. The molecule has 142 valence electrons. The first-order chi connectivity index (χ1) is 13.6. The van der Waals surface area contributed by atoms with Gasteiger partial charge >= 0.3 is 0 Å². The molecule has 1 spiro atoms. The number of carbonyl (C=O) groups excluding carboxylic acids is 1. The Morgan fingerprint density at radius 2 is 1.86 bits per heavy atom. The summed E-state index contributed by atoms with van der Waals surface area (Å²) in [5, 5.41) is 8.77. The Hall–Kier alpha value is -2.80. The van der Waals surface area contributed by atoms with Crippen molar-refractivity contribution in [3.05, 3.63) is 68.4 Å². The van der Waals surface area contributed by atoms with Gasteiger partial charge in [0.15, 0.2) is 5.69 Å². The van der Waals surface area contributed by atoms with Gasteiger partial charge in [-0.2, -0.15) is 0 Å². The lowest BCUT2D eigenvalue weighted by Crippen LogP contribution is -2.35. The Morgan fingerprint density at radius 1 is 1.07 bits per heavy atom. The molecule has 0 N–H and O–H groups in total. The molecule has 1 saturated heterocycles. The summed E-state index contributed by atoms with van der Waals surface area (Å²) in [6.07, 6.45) is 1.64. The SMILES string of the molecule is Cc1ccc(C(=O)N2CCC3(CCn4c3nnc(-c3ccccc3)c4=O)C2)s1. The van der Waals surface area contributed by atoms with Gasteiger partial charge in [-0.05, 0) is 31.9 Å². The number of aromatic nitrogens is 3. The first kappa shape index (κ1) is 17.3. The van der Waals surface area contributed by atoms with E-state index in [2.05, 4.69) is 10.2 Å². The molecule has 7 heteroatoms. The summed E-state index contributed by atoms with van der Waals surface area (Å²) in [4.78, 5) is 29.7. The van der Waals surface area contributed by atoms with Crippen LogP contribution in [0.25, 0.3) is 11.3 Å². The monoisotopic (exact) mass is 392 g/mol. The molecule has 4 heterocycles. The van der Waals surface area contributed by atoms with Gasteiger partial charge in [0.05, 0.1) is 10.3 Å². The predicted molar refractivity (Wildman–Crippen MR) is 108 cm³/mol. The molecule has 2 aromatic heterocycles. The lowest BCUT2D eigenvalue weighted by atomic mass is 9.85. The van der Waals surface area contributed by atoms with Crippen LogP contribution in [-0.2, 0) is 12.0 Å². The molecule has 1 atom stereocenters. The maximum atomic E-state index is 13.0. The summed E-state index contributed by atoms with van der Waals surface area (Å²) >= 11 is 1.53. The van der Waals surface area contributed by atoms with Gasteiger partial charge in [-0.25, -0.2) is 0 Å². The van der Waals surface area contributed by atoms with Crippen molar-refractivity contribution >= 4 is 17.2 Å². The Labute approximate surface area is 166 Å². The molecule has 1 unspecified atom stereocenters. The van der Waals surface area contributed by atoms with E-state index < -0.39 is 0 Å². The third kappa shape index (κ3) is 2.61. The molecule has 1 aromatic carbocycles. The number of amides is 1. The molecule has 28 heavy (non-hydrogen) atoms. The van der Waals surface area contributed by atoms with Crippen LogP contribution < -0.4 is 5.56 Å². The zero-order valence-corrected chi connectivity index (χ0v) is 16.4. The first-order valence-corrected chi connectivity index (χ1v) is 10.3. The second kappa shape index (κ2) is 6.38. The number of nitrogens with zero attached hydrogens (tertiary/aromatic N) is 4. The Bertz CT molecular complexity index is 1120. The molecule has 2 aliphatic rings. The second-order valence-corrected chi connectivity index (χ2v) is 8.90. The molecule has 2 aliphatic heterocycles. The smallest absolute Gasteiger partial charge is 0.280 e. The van der Waals surface area contributed by atoms with Crippen molar-refractivity contribution in [2.24, 2.45) is 0 Å². The number of rotatable bonds is 2. The fraction of sp³-hybridized carbons (Fsp3) is 0.333. The topological polar surface area (TPSA) is 68.1 Å². The highest BCUT2D eigenvalue weighted by atomic mass is 32.1. The number of carbonyl (C=O) groups is 1. The van der Waals surface area contributed by atoms with Gasteiger partial charge in [0.25, 0.3) is 11.5 Å². The van der Waals surface area contributed by atoms with E-state index in [1.54, 1.807) is 4.57 Å². The molecule has 0 aliphatic carbocycles. The van der Waals surface area contributed by atoms with Crippen LogP contribution in [0, 0.1) is 6.92 Å². The van der Waals surface area contributed by atoms with Gasteiger partial charge in [-0.15, -0.1) is 21.5 Å². The third-order valence-corrected chi connectivity index (χ3v) is 6.86. The number of aryl methyl sites for hydroxylation is 1. The van der Waals surface area contributed by atoms with Gasteiger partial charge in [-0.3, -0.25) is 14.2 Å². The molecule has 1 amide bonds. The molecule has 0 radical (unpaired) electrons. The fourth-order valence-corrected chi connectivity index (χ4v) is 5.21. The summed E-state index contributed by atoms with van der Waals surface area (Å²) in [6.45, 7) is 3.92. The lowest BCUT2D eigenvalue weighted by Gasteiger charge is -2.22. The molecular weight excluding hydrogens is 372 g/mol. The molecule has 0 saturated carbocycles. The van der Waals surface area contributed by atoms with E-state index in [1.165, 1.54) is 11.3 Å². The van der Waals surface area contributed by atoms with Crippen LogP contribution in [-0.4, -0.2) is 38.7 Å². The number of benzene rings is 1. The molecule has 6 nitrogen and oxygen atoms in total. The minimum absolute atomic E-state index is 0.0737. The number of likely N-dealkylation sites (tertiary alicyclic amines) is 1. The Balaban J connectivity index is 1.46. The maximum absolute atomic E-state index is 13.0. The second-order valence-electron chi connectivity index (χ2n) is 7.61. The quantitative estimate of drug-likeness (QED) is 0.673. The average molecular weight is 392 g/mol. The van der Waals surface area contributed by atoms with Crippen LogP contribution >= 0.6 is 11.3 Å². The van der Waals surface area contributed by atoms with Gasteiger partial charge in [-0.1, -0.05) is 30.3 Å². The number of fused-ring (bicyclic) bond motifs is 2. The van der Waals surface area contributed by atoms with Gasteiger partial charge in [0.2, 0.25) is 0 Å². The normalized spacial score (nSPS) is 20.7. The molecule has 0 bridgehead atoms. The number of thiophene rings is 1.